The highest BCUT2D eigenvalue weighted by Crippen LogP contribution is 2.48. The lowest BCUT2D eigenvalue weighted by atomic mass is 9.77. The fourth-order valence-electron chi connectivity index (χ4n) is 6.23. The van der Waals surface area contributed by atoms with E-state index in [0.717, 1.165) is 86.1 Å². The van der Waals surface area contributed by atoms with E-state index in [-0.39, 0.29) is 23.0 Å². The molecular formula is C35H48F2N2. The molecule has 2 nitrogen and oxygen atoms in total. The molecule has 1 aliphatic heterocycles. The van der Waals surface area contributed by atoms with Crippen molar-refractivity contribution in [1.82, 2.24) is 9.80 Å². The van der Waals surface area contributed by atoms with Crippen LogP contribution in [-0.2, 0) is 13.0 Å². The summed E-state index contributed by atoms with van der Waals surface area (Å²) in [7, 11) is 0. The fourth-order valence-corrected chi connectivity index (χ4v) is 6.23. The molecule has 2 aromatic rings. The number of allylic oxidation sites excluding steroid dienone is 2. The Morgan fingerprint density at radius 3 is 2.44 bits per heavy atom. The third kappa shape index (κ3) is 7.20. The van der Waals surface area contributed by atoms with Gasteiger partial charge in [-0.15, -0.1) is 6.58 Å². The number of hydrogen-bond donors (Lipinski definition) is 0. The molecular weight excluding hydrogens is 486 g/mol. The third-order valence-electron chi connectivity index (χ3n) is 8.73. The van der Waals surface area contributed by atoms with Crippen LogP contribution in [0, 0.1) is 23.0 Å². The Hall–Kier alpha value is -2.46. The van der Waals surface area contributed by atoms with Crippen molar-refractivity contribution in [2.24, 2.45) is 11.3 Å². The first-order valence-corrected chi connectivity index (χ1v) is 15.1. The number of rotatable bonds is 15. The van der Waals surface area contributed by atoms with Crippen molar-refractivity contribution in [3.05, 3.63) is 83.6 Å². The minimum absolute atomic E-state index is 0.0312. The van der Waals surface area contributed by atoms with E-state index in [0.29, 0.717) is 12.5 Å². The van der Waals surface area contributed by atoms with Gasteiger partial charge in [-0.05, 0) is 90.2 Å². The summed E-state index contributed by atoms with van der Waals surface area (Å²) in [5, 5.41) is 0. The molecule has 0 spiro atoms. The van der Waals surface area contributed by atoms with Crippen molar-refractivity contribution < 1.29 is 8.78 Å². The van der Waals surface area contributed by atoms with Gasteiger partial charge in [0.25, 0.3) is 0 Å². The van der Waals surface area contributed by atoms with Gasteiger partial charge in [-0.25, -0.2) is 8.78 Å². The average molecular weight is 535 g/mol. The summed E-state index contributed by atoms with van der Waals surface area (Å²) in [6.07, 6.45) is 9.32. The number of aryl methyl sites for hydroxylation is 1. The van der Waals surface area contributed by atoms with Gasteiger partial charge in [0.05, 0.1) is 0 Å². The summed E-state index contributed by atoms with van der Waals surface area (Å²) < 4.78 is 29.8. The number of nitrogens with zero attached hydrogens (tertiary/aromatic N) is 2. The smallest absolute Gasteiger partial charge is 0.132 e. The van der Waals surface area contributed by atoms with Gasteiger partial charge in [0.2, 0.25) is 0 Å². The quantitative estimate of drug-likeness (QED) is 0.210. The Bertz CT molecular complexity index is 1140. The van der Waals surface area contributed by atoms with Crippen LogP contribution in [-0.4, -0.2) is 36.0 Å². The van der Waals surface area contributed by atoms with E-state index in [4.69, 9.17) is 0 Å². The molecule has 1 heterocycles. The molecule has 0 bridgehead atoms. The molecule has 0 radical (unpaired) electrons. The van der Waals surface area contributed by atoms with Gasteiger partial charge in [0, 0.05) is 44.0 Å². The van der Waals surface area contributed by atoms with Gasteiger partial charge in [0.15, 0.2) is 0 Å². The van der Waals surface area contributed by atoms with Gasteiger partial charge in [-0.3, -0.25) is 4.90 Å². The van der Waals surface area contributed by atoms with E-state index in [1.54, 1.807) is 12.1 Å². The van der Waals surface area contributed by atoms with Crippen molar-refractivity contribution in [1.29, 1.82) is 0 Å². The first kappa shape index (κ1) is 29.5. The summed E-state index contributed by atoms with van der Waals surface area (Å²) in [5.74, 6) is 0.492. The van der Waals surface area contributed by atoms with Gasteiger partial charge in [0.1, 0.15) is 11.6 Å². The highest BCUT2D eigenvalue weighted by Gasteiger charge is 2.40. The Kier molecular flexibility index (Phi) is 9.69. The molecule has 0 amide bonds. The van der Waals surface area contributed by atoms with E-state index < -0.39 is 0 Å². The lowest BCUT2D eigenvalue weighted by molar-refractivity contribution is 0.00353. The zero-order valence-electron chi connectivity index (χ0n) is 24.7. The van der Waals surface area contributed by atoms with Crippen LogP contribution in [0.5, 0.6) is 0 Å². The summed E-state index contributed by atoms with van der Waals surface area (Å²) in [4.78, 5) is 4.89. The predicted octanol–water partition coefficient (Wildman–Crippen LogP) is 9.11. The average Bonchev–Trinajstić information content (AvgIpc) is 3.74. The minimum atomic E-state index is -0.261. The van der Waals surface area contributed by atoms with Crippen molar-refractivity contribution in [2.75, 3.05) is 26.2 Å². The normalized spacial score (nSPS) is 17.5. The summed E-state index contributed by atoms with van der Waals surface area (Å²) in [6.45, 7) is 22.0. The van der Waals surface area contributed by atoms with Gasteiger partial charge >= 0.3 is 0 Å². The molecule has 1 atom stereocenters. The van der Waals surface area contributed by atoms with Crippen molar-refractivity contribution in [2.45, 2.75) is 85.1 Å². The summed E-state index contributed by atoms with van der Waals surface area (Å²) in [5.41, 5.74) is 6.02. The molecule has 0 N–H and O–H groups in total. The molecule has 2 fully saturated rings. The lowest BCUT2D eigenvalue weighted by Crippen LogP contribution is -2.54. The summed E-state index contributed by atoms with van der Waals surface area (Å²) in [6, 6.07) is 8.69. The zero-order valence-corrected chi connectivity index (χ0v) is 24.7. The second kappa shape index (κ2) is 12.8. The van der Waals surface area contributed by atoms with E-state index in [1.165, 1.54) is 30.7 Å². The highest BCUT2D eigenvalue weighted by atomic mass is 19.1. The molecule has 212 valence electrons. The SMILES string of the molecule is C=CC(C)CCN(CCCC)C(=C)CC1(C)CN(Cc2c(CC)cc(-c3ccc(F)cc3)c(C3CC3)c2F)C1. The number of benzene rings is 2. The Balaban J connectivity index is 1.45. The first-order chi connectivity index (χ1) is 18.7. The Morgan fingerprint density at radius 1 is 1.15 bits per heavy atom. The Labute approximate surface area is 235 Å². The third-order valence-corrected chi connectivity index (χ3v) is 8.73. The van der Waals surface area contributed by atoms with Gasteiger partial charge < -0.3 is 4.90 Å². The lowest BCUT2D eigenvalue weighted by Gasteiger charge is -2.50. The van der Waals surface area contributed by atoms with Crippen molar-refractivity contribution >= 4 is 0 Å². The molecule has 0 aromatic heterocycles. The van der Waals surface area contributed by atoms with E-state index >= 15 is 4.39 Å². The molecule has 4 heteroatoms. The maximum atomic E-state index is 16.2. The van der Waals surface area contributed by atoms with E-state index in [2.05, 4.69) is 56.7 Å². The number of unbranched alkanes of at least 4 members (excludes halogenated alkanes) is 1. The first-order valence-electron chi connectivity index (χ1n) is 15.1. The molecule has 1 saturated carbocycles. The van der Waals surface area contributed by atoms with Crippen LogP contribution in [0.1, 0.15) is 88.8 Å². The molecule has 39 heavy (non-hydrogen) atoms. The molecule has 2 aliphatic rings. The molecule has 2 aromatic carbocycles. The topological polar surface area (TPSA) is 6.48 Å². The maximum absolute atomic E-state index is 16.2. The van der Waals surface area contributed by atoms with Crippen LogP contribution in [0.4, 0.5) is 8.78 Å². The number of hydrogen-bond acceptors (Lipinski definition) is 2. The van der Waals surface area contributed by atoms with Crippen LogP contribution in [0.3, 0.4) is 0 Å². The van der Waals surface area contributed by atoms with Crippen LogP contribution in [0.15, 0.2) is 55.3 Å². The Morgan fingerprint density at radius 2 is 1.85 bits per heavy atom. The van der Waals surface area contributed by atoms with Crippen molar-refractivity contribution in [3.63, 3.8) is 0 Å². The fraction of sp³-hybridized carbons (Fsp3) is 0.543. The standard InChI is InChI=1S/C35H48F2N2/c1-7-10-18-39(19-17-25(4)8-2)26(5)21-35(6)23-38(24-35)22-32-27(9-3)20-31(28-13-15-30(36)16-14-28)33(34(32)37)29-11-12-29/h8,13-16,20,25,29H,2,5,7,9-12,17-19,21-24H2,1,3-4,6H3. The van der Waals surface area contributed by atoms with Crippen LogP contribution in [0.2, 0.25) is 0 Å². The van der Waals surface area contributed by atoms with Crippen LogP contribution < -0.4 is 0 Å². The van der Waals surface area contributed by atoms with Gasteiger partial charge in [-0.1, -0.05) is 65.0 Å². The monoisotopic (exact) mass is 534 g/mol. The number of halogens is 2. The van der Waals surface area contributed by atoms with Crippen LogP contribution >= 0.6 is 0 Å². The molecule has 1 saturated heterocycles. The van der Waals surface area contributed by atoms with Crippen LogP contribution in [0.25, 0.3) is 11.1 Å². The molecule has 4 rings (SSSR count). The minimum Gasteiger partial charge on any atom is -0.375 e. The number of likely N-dealkylation sites (tertiary alicyclic amines) is 1. The largest absolute Gasteiger partial charge is 0.375 e. The summed E-state index contributed by atoms with van der Waals surface area (Å²) >= 11 is 0. The van der Waals surface area contributed by atoms with Gasteiger partial charge in [-0.2, -0.15) is 0 Å². The predicted molar refractivity (Wildman–Crippen MR) is 161 cm³/mol. The second-order valence-corrected chi connectivity index (χ2v) is 12.5. The van der Waals surface area contributed by atoms with Crippen molar-refractivity contribution in [3.8, 4) is 11.1 Å². The zero-order chi connectivity index (χ0) is 28.2. The second-order valence-electron chi connectivity index (χ2n) is 12.5. The molecule has 1 aliphatic carbocycles. The molecule has 1 unspecified atom stereocenters. The van der Waals surface area contributed by atoms with E-state index in [1.807, 2.05) is 6.08 Å². The van der Waals surface area contributed by atoms with E-state index in [9.17, 15) is 4.39 Å². The highest BCUT2D eigenvalue weighted by molar-refractivity contribution is 5.71. The maximum Gasteiger partial charge on any atom is 0.132 e.